The summed E-state index contributed by atoms with van der Waals surface area (Å²) in [6.07, 6.45) is -0.219. The lowest BCUT2D eigenvalue weighted by Gasteiger charge is -2.15. The van der Waals surface area contributed by atoms with Gasteiger partial charge >= 0.3 is 11.9 Å². The molecular formula is C16H20N2O8S2. The number of carbonyl (C=O) groups is 6. The highest BCUT2D eigenvalue weighted by Crippen LogP contribution is 2.40. The van der Waals surface area contributed by atoms with Crippen molar-refractivity contribution in [2.24, 2.45) is 0 Å². The van der Waals surface area contributed by atoms with Gasteiger partial charge in [-0.2, -0.15) is 0 Å². The molecule has 0 aromatic heterocycles. The third-order valence-corrected chi connectivity index (χ3v) is 7.27. The van der Waals surface area contributed by atoms with Crippen molar-refractivity contribution in [2.75, 3.05) is 27.3 Å². The average Bonchev–Trinajstić information content (AvgIpc) is 3.10. The van der Waals surface area contributed by atoms with Gasteiger partial charge in [0.2, 0.25) is 23.6 Å². The first kappa shape index (κ1) is 22.2. The topological polar surface area (TPSA) is 127 Å². The largest absolute Gasteiger partial charge is 0.469 e. The van der Waals surface area contributed by atoms with Gasteiger partial charge in [0.15, 0.2) is 0 Å². The normalized spacial score (nSPS) is 22.2. The molecule has 2 aliphatic heterocycles. The molecule has 0 aromatic carbocycles. The van der Waals surface area contributed by atoms with Crippen molar-refractivity contribution in [3.63, 3.8) is 0 Å². The van der Waals surface area contributed by atoms with E-state index in [1.807, 2.05) is 0 Å². The third-order valence-electron chi connectivity index (χ3n) is 4.23. The number of carbonyl (C=O) groups excluding carboxylic acids is 6. The fraction of sp³-hybridized carbons (Fsp3) is 0.625. The molecule has 2 rings (SSSR count). The highest BCUT2D eigenvalue weighted by molar-refractivity contribution is 8.77. The number of nitrogens with zero attached hydrogens (tertiary/aromatic N) is 2. The number of likely N-dealkylation sites (tertiary alicyclic amines) is 2. The summed E-state index contributed by atoms with van der Waals surface area (Å²) < 4.78 is 8.99. The summed E-state index contributed by atoms with van der Waals surface area (Å²) in [6, 6.07) is 0. The second-order valence-electron chi connectivity index (χ2n) is 6.00. The molecule has 10 nitrogen and oxygen atoms in total. The van der Waals surface area contributed by atoms with E-state index in [1.54, 1.807) is 0 Å². The summed E-state index contributed by atoms with van der Waals surface area (Å²) in [5.74, 6) is -2.67. The summed E-state index contributed by atoms with van der Waals surface area (Å²) in [5.41, 5.74) is 0. The molecule has 0 aliphatic carbocycles. The minimum atomic E-state index is -0.679. The Morgan fingerprint density at radius 2 is 1.18 bits per heavy atom. The molecule has 154 valence electrons. The Balaban J connectivity index is 1.85. The van der Waals surface area contributed by atoms with Crippen LogP contribution in [0.25, 0.3) is 0 Å². The lowest BCUT2D eigenvalue weighted by molar-refractivity contribution is -0.145. The number of imide groups is 2. The summed E-state index contributed by atoms with van der Waals surface area (Å²) >= 11 is 0. The van der Waals surface area contributed by atoms with Gasteiger partial charge in [0.1, 0.15) is 10.5 Å². The van der Waals surface area contributed by atoms with E-state index in [-0.39, 0.29) is 50.6 Å². The molecule has 28 heavy (non-hydrogen) atoms. The second-order valence-corrected chi connectivity index (χ2v) is 8.68. The van der Waals surface area contributed by atoms with Crippen molar-refractivity contribution < 1.29 is 38.2 Å². The predicted molar refractivity (Wildman–Crippen MR) is 98.7 cm³/mol. The average molecular weight is 432 g/mol. The van der Waals surface area contributed by atoms with Crippen LogP contribution in [-0.2, 0) is 38.2 Å². The molecule has 2 saturated heterocycles. The van der Waals surface area contributed by atoms with Crippen LogP contribution >= 0.6 is 21.6 Å². The molecule has 0 aromatic rings. The van der Waals surface area contributed by atoms with Crippen molar-refractivity contribution in [3.05, 3.63) is 0 Å². The number of hydrogen-bond donors (Lipinski definition) is 0. The monoisotopic (exact) mass is 432 g/mol. The van der Waals surface area contributed by atoms with Crippen LogP contribution in [0.3, 0.4) is 0 Å². The van der Waals surface area contributed by atoms with Gasteiger partial charge < -0.3 is 9.47 Å². The summed E-state index contributed by atoms with van der Waals surface area (Å²) in [6.45, 7) is -0.0948. The van der Waals surface area contributed by atoms with Crippen LogP contribution in [0.15, 0.2) is 0 Å². The second kappa shape index (κ2) is 9.92. The molecule has 0 bridgehead atoms. The highest BCUT2D eigenvalue weighted by atomic mass is 33.1. The Morgan fingerprint density at radius 1 is 0.821 bits per heavy atom. The first-order valence-corrected chi connectivity index (χ1v) is 10.7. The van der Waals surface area contributed by atoms with E-state index < -0.39 is 34.3 Å². The van der Waals surface area contributed by atoms with E-state index in [9.17, 15) is 28.8 Å². The van der Waals surface area contributed by atoms with E-state index in [0.717, 1.165) is 31.4 Å². The summed E-state index contributed by atoms with van der Waals surface area (Å²) in [7, 11) is 4.59. The molecule has 2 heterocycles. The van der Waals surface area contributed by atoms with Crippen molar-refractivity contribution in [1.82, 2.24) is 9.80 Å². The molecule has 2 aliphatic rings. The lowest BCUT2D eigenvalue weighted by atomic mass is 10.4. The van der Waals surface area contributed by atoms with Gasteiger partial charge in [-0.3, -0.25) is 38.6 Å². The van der Waals surface area contributed by atoms with Gasteiger partial charge in [-0.05, 0) is 0 Å². The first-order valence-electron chi connectivity index (χ1n) is 8.42. The smallest absolute Gasteiger partial charge is 0.307 e. The van der Waals surface area contributed by atoms with E-state index in [0.29, 0.717) is 0 Å². The van der Waals surface area contributed by atoms with E-state index in [1.165, 1.54) is 14.2 Å². The van der Waals surface area contributed by atoms with Crippen LogP contribution < -0.4 is 0 Å². The maximum absolute atomic E-state index is 12.3. The number of methoxy groups -OCH3 is 2. The van der Waals surface area contributed by atoms with Crippen molar-refractivity contribution in [3.8, 4) is 0 Å². The molecule has 12 heteroatoms. The fourth-order valence-electron chi connectivity index (χ4n) is 2.67. The zero-order chi connectivity index (χ0) is 20.8. The minimum Gasteiger partial charge on any atom is -0.469 e. The molecule has 2 unspecified atom stereocenters. The quantitative estimate of drug-likeness (QED) is 0.273. The van der Waals surface area contributed by atoms with Crippen LogP contribution in [0.4, 0.5) is 0 Å². The Kier molecular flexibility index (Phi) is 7.87. The number of amides is 4. The first-order chi connectivity index (χ1) is 13.3. The van der Waals surface area contributed by atoms with Crippen LogP contribution in [-0.4, -0.2) is 83.2 Å². The lowest BCUT2D eigenvalue weighted by Crippen LogP contribution is -2.34. The molecule has 2 fully saturated rings. The van der Waals surface area contributed by atoms with Crippen LogP contribution in [0.2, 0.25) is 0 Å². The third kappa shape index (κ3) is 5.25. The van der Waals surface area contributed by atoms with Crippen molar-refractivity contribution >= 4 is 57.2 Å². The molecule has 0 saturated carbocycles. The summed E-state index contributed by atoms with van der Waals surface area (Å²) in [4.78, 5) is 73.1. The number of ether oxygens (including phenoxy) is 2. The van der Waals surface area contributed by atoms with Crippen molar-refractivity contribution in [1.29, 1.82) is 0 Å². The standard InChI is InChI=1S/C16H20N2O8S2/c1-25-13(21)3-5-17-11(19)7-9(15(17)23)27-28-10-8-12(20)18(16(10)24)6-4-14(22)26-2/h9-10H,3-8H2,1-2H3. The number of rotatable bonds is 9. The number of esters is 2. The van der Waals surface area contributed by atoms with Gasteiger partial charge in [0.25, 0.3) is 0 Å². The highest BCUT2D eigenvalue weighted by Gasteiger charge is 2.43. The maximum Gasteiger partial charge on any atom is 0.307 e. The maximum atomic E-state index is 12.3. The van der Waals surface area contributed by atoms with Crippen LogP contribution in [0.1, 0.15) is 25.7 Å². The van der Waals surface area contributed by atoms with E-state index >= 15 is 0 Å². The Hall–Kier alpha value is -2.08. The van der Waals surface area contributed by atoms with Crippen LogP contribution in [0.5, 0.6) is 0 Å². The summed E-state index contributed by atoms with van der Waals surface area (Å²) in [5, 5.41) is -1.36. The Morgan fingerprint density at radius 3 is 1.50 bits per heavy atom. The molecule has 0 radical (unpaired) electrons. The minimum absolute atomic E-state index is 0.0292. The predicted octanol–water partition coefficient (Wildman–Crippen LogP) is -0.251. The van der Waals surface area contributed by atoms with Gasteiger partial charge in [-0.1, -0.05) is 21.6 Å². The Bertz CT molecular complexity index is 640. The zero-order valence-corrected chi connectivity index (χ0v) is 17.0. The van der Waals surface area contributed by atoms with Gasteiger partial charge in [-0.25, -0.2) is 0 Å². The van der Waals surface area contributed by atoms with Crippen molar-refractivity contribution in [2.45, 2.75) is 36.2 Å². The van der Waals surface area contributed by atoms with E-state index in [4.69, 9.17) is 0 Å². The zero-order valence-electron chi connectivity index (χ0n) is 15.4. The number of hydrogen-bond acceptors (Lipinski definition) is 10. The van der Waals surface area contributed by atoms with Gasteiger partial charge in [0, 0.05) is 25.9 Å². The van der Waals surface area contributed by atoms with Gasteiger partial charge in [-0.15, -0.1) is 0 Å². The molecule has 0 N–H and O–H groups in total. The van der Waals surface area contributed by atoms with Gasteiger partial charge in [0.05, 0.1) is 27.1 Å². The molecule has 0 spiro atoms. The molecule has 2 atom stereocenters. The van der Waals surface area contributed by atoms with Crippen LogP contribution in [0, 0.1) is 0 Å². The Labute approximate surface area is 169 Å². The SMILES string of the molecule is COC(=O)CCN1C(=O)CC(SSC2CC(=O)N(CCC(=O)OC)C2=O)C1=O. The fourth-order valence-corrected chi connectivity index (χ4v) is 5.49. The molecule has 4 amide bonds. The van der Waals surface area contributed by atoms with E-state index in [2.05, 4.69) is 9.47 Å². The molecular weight excluding hydrogens is 412 g/mol.